The highest BCUT2D eigenvalue weighted by Crippen LogP contribution is 2.27. The Labute approximate surface area is 82.1 Å². The van der Waals surface area contributed by atoms with Crippen LogP contribution < -0.4 is 10.5 Å². The topological polar surface area (TPSA) is 63.9 Å². The molecule has 0 aliphatic carbocycles. The molecular weight excluding hydrogens is 178 g/mol. The number of methoxy groups -OCH3 is 1. The maximum absolute atomic E-state index is 5.84. The fraction of sp³-hybridized carbons (Fsp3) is 0.300. The predicted octanol–water partition coefficient (Wildman–Crippen LogP) is 1.59. The molecule has 0 unspecified atom stereocenters. The van der Waals surface area contributed by atoms with Crippen LogP contribution in [0, 0.1) is 0 Å². The second-order valence-corrected chi connectivity index (χ2v) is 3.28. The van der Waals surface area contributed by atoms with Crippen molar-refractivity contribution in [2.45, 2.75) is 13.0 Å². The van der Waals surface area contributed by atoms with Crippen molar-refractivity contribution in [2.75, 3.05) is 7.11 Å². The van der Waals surface area contributed by atoms with Crippen LogP contribution in [-0.4, -0.2) is 17.1 Å². The predicted molar refractivity (Wildman–Crippen MR) is 55.2 cm³/mol. The maximum Gasteiger partial charge on any atom is 0.238 e. The van der Waals surface area contributed by atoms with Crippen molar-refractivity contribution in [3.63, 3.8) is 0 Å². The van der Waals surface area contributed by atoms with Crippen LogP contribution in [0.25, 0.3) is 10.9 Å². The lowest BCUT2D eigenvalue weighted by Gasteiger charge is -2.08. The summed E-state index contributed by atoms with van der Waals surface area (Å²) in [7, 11) is 1.61. The molecule has 0 saturated heterocycles. The van der Waals surface area contributed by atoms with Crippen LogP contribution in [0.3, 0.4) is 0 Å². The van der Waals surface area contributed by atoms with Crippen LogP contribution in [0.1, 0.15) is 18.5 Å². The van der Waals surface area contributed by atoms with E-state index in [0.29, 0.717) is 5.88 Å². The van der Waals surface area contributed by atoms with Crippen LogP contribution in [0.4, 0.5) is 0 Å². The van der Waals surface area contributed by atoms with Gasteiger partial charge in [0.2, 0.25) is 5.88 Å². The van der Waals surface area contributed by atoms with Crippen molar-refractivity contribution in [1.29, 1.82) is 0 Å². The maximum atomic E-state index is 5.84. The molecule has 0 bridgehead atoms. The van der Waals surface area contributed by atoms with E-state index in [4.69, 9.17) is 10.5 Å². The third-order valence-electron chi connectivity index (χ3n) is 2.28. The van der Waals surface area contributed by atoms with Crippen LogP contribution in [0.2, 0.25) is 0 Å². The number of fused-ring (bicyclic) bond motifs is 1. The van der Waals surface area contributed by atoms with Crippen molar-refractivity contribution in [3.8, 4) is 5.88 Å². The molecule has 0 aromatic carbocycles. The summed E-state index contributed by atoms with van der Waals surface area (Å²) in [6, 6.07) is 1.96. The fourth-order valence-electron chi connectivity index (χ4n) is 1.57. The summed E-state index contributed by atoms with van der Waals surface area (Å²) in [6.45, 7) is 1.94. The first-order valence-corrected chi connectivity index (χ1v) is 4.49. The zero-order valence-electron chi connectivity index (χ0n) is 8.24. The quantitative estimate of drug-likeness (QED) is 0.757. The van der Waals surface area contributed by atoms with Gasteiger partial charge in [0.1, 0.15) is 5.52 Å². The van der Waals surface area contributed by atoms with Gasteiger partial charge in [0.25, 0.3) is 0 Å². The molecule has 0 saturated carbocycles. The Morgan fingerprint density at radius 2 is 2.36 bits per heavy atom. The first kappa shape index (κ1) is 9.02. The fourth-order valence-corrected chi connectivity index (χ4v) is 1.57. The first-order valence-electron chi connectivity index (χ1n) is 4.49. The lowest BCUT2D eigenvalue weighted by Crippen LogP contribution is -2.06. The summed E-state index contributed by atoms with van der Waals surface area (Å²) in [5, 5.41) is 1.08. The Kier molecular flexibility index (Phi) is 2.13. The number of H-pyrrole nitrogens is 1. The largest absolute Gasteiger partial charge is 0.479 e. The molecule has 0 aliphatic rings. The number of aromatic amines is 1. The molecule has 0 aliphatic heterocycles. The van der Waals surface area contributed by atoms with Gasteiger partial charge in [-0.3, -0.25) is 0 Å². The number of nitrogens with two attached hydrogens (primary N) is 1. The number of rotatable bonds is 2. The number of nitrogens with one attached hydrogen (secondary N) is 1. The monoisotopic (exact) mass is 191 g/mol. The highest BCUT2D eigenvalue weighted by Gasteiger charge is 2.10. The third kappa shape index (κ3) is 1.24. The molecule has 2 aromatic rings. The molecule has 14 heavy (non-hydrogen) atoms. The highest BCUT2D eigenvalue weighted by molar-refractivity contribution is 5.86. The molecule has 2 aromatic heterocycles. The van der Waals surface area contributed by atoms with E-state index in [2.05, 4.69) is 9.97 Å². The van der Waals surface area contributed by atoms with Gasteiger partial charge in [-0.1, -0.05) is 0 Å². The van der Waals surface area contributed by atoms with Gasteiger partial charge in [0.15, 0.2) is 0 Å². The van der Waals surface area contributed by atoms with E-state index in [-0.39, 0.29) is 6.04 Å². The first-order chi connectivity index (χ1) is 6.74. The number of nitrogens with zero attached hydrogens (tertiary/aromatic N) is 1. The molecule has 1 atom stereocenters. The van der Waals surface area contributed by atoms with Crippen molar-refractivity contribution in [1.82, 2.24) is 9.97 Å². The van der Waals surface area contributed by atoms with Crippen LogP contribution in [-0.2, 0) is 0 Å². The summed E-state index contributed by atoms with van der Waals surface area (Å²) < 4.78 is 5.14. The van der Waals surface area contributed by atoms with E-state index in [1.807, 2.05) is 19.2 Å². The minimum atomic E-state index is -0.0216. The number of hydrogen-bond acceptors (Lipinski definition) is 3. The summed E-state index contributed by atoms with van der Waals surface area (Å²) in [4.78, 5) is 7.28. The molecule has 0 radical (unpaired) electrons. The smallest absolute Gasteiger partial charge is 0.238 e. The lowest BCUT2D eigenvalue weighted by atomic mass is 10.1. The molecule has 2 heterocycles. The number of aromatic nitrogens is 2. The van der Waals surface area contributed by atoms with Crippen molar-refractivity contribution in [2.24, 2.45) is 5.73 Å². The standard InChI is InChI=1S/C10H13N3O/c1-6(11)8-5-13-10(14-2)9-7(8)3-4-12-9/h3-6,12H,11H2,1-2H3/t6-/m1/s1. The van der Waals surface area contributed by atoms with Gasteiger partial charge in [-0.25, -0.2) is 4.98 Å². The Bertz CT molecular complexity index is 448. The van der Waals surface area contributed by atoms with Gasteiger partial charge < -0.3 is 15.5 Å². The number of hydrogen-bond donors (Lipinski definition) is 2. The molecule has 3 N–H and O–H groups in total. The zero-order chi connectivity index (χ0) is 10.1. The average Bonchev–Trinajstić information content (AvgIpc) is 2.64. The molecule has 2 rings (SSSR count). The molecule has 0 spiro atoms. The van der Waals surface area contributed by atoms with Gasteiger partial charge in [-0.05, 0) is 18.6 Å². The van der Waals surface area contributed by atoms with E-state index in [0.717, 1.165) is 16.5 Å². The summed E-state index contributed by atoms with van der Waals surface area (Å²) >= 11 is 0. The van der Waals surface area contributed by atoms with E-state index in [9.17, 15) is 0 Å². The van der Waals surface area contributed by atoms with E-state index in [1.54, 1.807) is 13.3 Å². The molecule has 0 amide bonds. The van der Waals surface area contributed by atoms with Gasteiger partial charge in [-0.15, -0.1) is 0 Å². The number of ether oxygens (including phenoxy) is 1. The summed E-state index contributed by atoms with van der Waals surface area (Å²) in [6.07, 6.45) is 3.63. The Balaban J connectivity index is 2.72. The van der Waals surface area contributed by atoms with Crippen LogP contribution in [0.5, 0.6) is 5.88 Å². The number of pyridine rings is 1. The van der Waals surface area contributed by atoms with Crippen molar-refractivity contribution < 1.29 is 4.74 Å². The van der Waals surface area contributed by atoms with Gasteiger partial charge in [0, 0.05) is 23.8 Å². The minimum absolute atomic E-state index is 0.0216. The lowest BCUT2D eigenvalue weighted by molar-refractivity contribution is 0.402. The van der Waals surface area contributed by atoms with E-state index in [1.165, 1.54) is 0 Å². The van der Waals surface area contributed by atoms with Gasteiger partial charge in [-0.2, -0.15) is 0 Å². The zero-order valence-corrected chi connectivity index (χ0v) is 8.24. The van der Waals surface area contributed by atoms with Crippen LogP contribution >= 0.6 is 0 Å². The molecule has 4 nitrogen and oxygen atoms in total. The van der Waals surface area contributed by atoms with Gasteiger partial charge in [0.05, 0.1) is 7.11 Å². The van der Waals surface area contributed by atoms with Gasteiger partial charge >= 0.3 is 0 Å². The Morgan fingerprint density at radius 3 is 3.00 bits per heavy atom. The Hall–Kier alpha value is -1.55. The minimum Gasteiger partial charge on any atom is -0.479 e. The molecular formula is C10H13N3O. The van der Waals surface area contributed by atoms with Crippen molar-refractivity contribution in [3.05, 3.63) is 24.0 Å². The summed E-state index contributed by atoms with van der Waals surface area (Å²) in [5.41, 5.74) is 7.77. The average molecular weight is 191 g/mol. The third-order valence-corrected chi connectivity index (χ3v) is 2.28. The SMILES string of the molecule is COc1ncc([C@@H](C)N)c2cc[nH]c12. The molecule has 74 valence electrons. The van der Waals surface area contributed by atoms with Crippen molar-refractivity contribution >= 4 is 10.9 Å². The Morgan fingerprint density at radius 1 is 1.57 bits per heavy atom. The highest BCUT2D eigenvalue weighted by atomic mass is 16.5. The molecule has 0 fully saturated rings. The van der Waals surface area contributed by atoms with E-state index >= 15 is 0 Å². The summed E-state index contributed by atoms with van der Waals surface area (Å²) in [5.74, 6) is 0.606. The second-order valence-electron chi connectivity index (χ2n) is 3.28. The normalized spacial score (nSPS) is 13.1. The van der Waals surface area contributed by atoms with Crippen LogP contribution in [0.15, 0.2) is 18.5 Å². The van der Waals surface area contributed by atoms with E-state index < -0.39 is 0 Å². The molecule has 4 heteroatoms. The second kappa shape index (κ2) is 3.31.